The zero-order chi connectivity index (χ0) is 17.6. The molecule has 25 heavy (non-hydrogen) atoms. The molecule has 142 valence electrons. The third kappa shape index (κ3) is 8.93. The molecule has 2 rings (SSSR count). The predicted octanol–water partition coefficient (Wildman–Crippen LogP) is 2.74. The summed E-state index contributed by atoms with van der Waals surface area (Å²) in [5.74, 6) is 1.80. The molecule has 0 amide bonds. The van der Waals surface area contributed by atoms with E-state index in [1.807, 2.05) is 12.1 Å². The summed E-state index contributed by atoms with van der Waals surface area (Å²) in [7, 11) is 1.70. The average molecular weight is 351 g/mol. The van der Waals surface area contributed by atoms with Gasteiger partial charge in [0.25, 0.3) is 0 Å². The van der Waals surface area contributed by atoms with Crippen molar-refractivity contribution >= 4 is 5.96 Å². The Kier molecular flexibility index (Phi) is 10.1. The fraction of sp³-hybridized carbons (Fsp3) is 0.737. The lowest BCUT2D eigenvalue weighted by molar-refractivity contribution is 0.0281. The van der Waals surface area contributed by atoms with Crippen molar-refractivity contribution in [3.05, 3.63) is 24.2 Å². The number of rotatable bonds is 11. The maximum absolute atomic E-state index is 5.95. The molecule has 0 bridgehead atoms. The number of aliphatic imine (C=N–C) groups is 1. The van der Waals surface area contributed by atoms with Crippen molar-refractivity contribution in [3.63, 3.8) is 0 Å². The van der Waals surface area contributed by atoms with Crippen LogP contribution in [0.3, 0.4) is 0 Å². The number of nitrogens with one attached hydrogen (secondary N) is 2. The van der Waals surface area contributed by atoms with Crippen molar-refractivity contribution in [1.29, 1.82) is 0 Å². The van der Waals surface area contributed by atoms with E-state index in [1.165, 1.54) is 32.1 Å². The van der Waals surface area contributed by atoms with E-state index >= 15 is 0 Å². The van der Waals surface area contributed by atoms with Crippen molar-refractivity contribution in [2.75, 3.05) is 40.0 Å². The van der Waals surface area contributed by atoms with Crippen molar-refractivity contribution in [3.8, 4) is 0 Å². The Morgan fingerprint density at radius 1 is 1.20 bits per heavy atom. The minimum Gasteiger partial charge on any atom is -0.469 e. The molecule has 1 aromatic rings. The molecule has 0 unspecified atom stereocenters. The van der Waals surface area contributed by atoms with Crippen LogP contribution in [0.2, 0.25) is 0 Å². The van der Waals surface area contributed by atoms with E-state index in [1.54, 1.807) is 13.4 Å². The Morgan fingerprint density at radius 3 is 2.80 bits per heavy atom. The van der Waals surface area contributed by atoms with Crippen LogP contribution in [0.1, 0.15) is 44.3 Å². The van der Waals surface area contributed by atoms with E-state index in [2.05, 4.69) is 15.6 Å². The summed E-state index contributed by atoms with van der Waals surface area (Å²) in [5, 5.41) is 6.62. The van der Waals surface area contributed by atoms with Gasteiger partial charge in [0, 0.05) is 39.8 Å². The largest absolute Gasteiger partial charge is 0.469 e. The summed E-state index contributed by atoms with van der Waals surface area (Å²) >= 11 is 0. The van der Waals surface area contributed by atoms with Gasteiger partial charge in [0.1, 0.15) is 5.76 Å². The number of guanidine groups is 1. The maximum Gasteiger partial charge on any atom is 0.191 e. The van der Waals surface area contributed by atoms with Gasteiger partial charge in [-0.2, -0.15) is 0 Å². The van der Waals surface area contributed by atoms with Gasteiger partial charge in [-0.05, 0) is 31.4 Å². The first-order chi connectivity index (χ1) is 12.4. The zero-order valence-corrected chi connectivity index (χ0v) is 15.5. The SMILES string of the molecule is COCCNC(=NCCCOC1CCCCC1)NCCc1ccco1. The molecular formula is C19H33N3O3. The van der Waals surface area contributed by atoms with Gasteiger partial charge >= 0.3 is 0 Å². The van der Waals surface area contributed by atoms with Gasteiger partial charge in [0.2, 0.25) is 0 Å². The summed E-state index contributed by atoms with van der Waals surface area (Å²) in [6.07, 6.45) is 10.4. The molecule has 1 saturated carbocycles. The van der Waals surface area contributed by atoms with Crippen molar-refractivity contribution in [2.45, 2.75) is 51.0 Å². The second-order valence-corrected chi connectivity index (χ2v) is 6.39. The van der Waals surface area contributed by atoms with Crippen LogP contribution in [-0.4, -0.2) is 52.0 Å². The second-order valence-electron chi connectivity index (χ2n) is 6.39. The Morgan fingerprint density at radius 2 is 2.04 bits per heavy atom. The van der Waals surface area contributed by atoms with Crippen LogP contribution in [-0.2, 0) is 15.9 Å². The van der Waals surface area contributed by atoms with E-state index < -0.39 is 0 Å². The Hall–Kier alpha value is -1.53. The number of hydrogen-bond donors (Lipinski definition) is 2. The van der Waals surface area contributed by atoms with Crippen LogP contribution in [0.5, 0.6) is 0 Å². The van der Waals surface area contributed by atoms with Gasteiger partial charge in [0.05, 0.1) is 19.0 Å². The highest BCUT2D eigenvalue weighted by Gasteiger charge is 2.12. The Bertz CT molecular complexity index is 456. The predicted molar refractivity (Wildman–Crippen MR) is 100 cm³/mol. The van der Waals surface area contributed by atoms with E-state index in [-0.39, 0.29) is 0 Å². The van der Waals surface area contributed by atoms with Crippen LogP contribution in [0.15, 0.2) is 27.8 Å². The van der Waals surface area contributed by atoms with Gasteiger partial charge in [-0.3, -0.25) is 4.99 Å². The first-order valence-electron chi connectivity index (χ1n) is 9.53. The highest BCUT2D eigenvalue weighted by molar-refractivity contribution is 5.79. The fourth-order valence-electron chi connectivity index (χ4n) is 2.94. The second kappa shape index (κ2) is 12.8. The van der Waals surface area contributed by atoms with Gasteiger partial charge in [-0.25, -0.2) is 0 Å². The van der Waals surface area contributed by atoms with Crippen molar-refractivity contribution in [1.82, 2.24) is 10.6 Å². The highest BCUT2D eigenvalue weighted by Crippen LogP contribution is 2.20. The lowest BCUT2D eigenvalue weighted by atomic mass is 9.98. The molecule has 0 saturated heterocycles. The quantitative estimate of drug-likeness (QED) is 0.364. The van der Waals surface area contributed by atoms with E-state index in [0.29, 0.717) is 12.7 Å². The first kappa shape index (κ1) is 19.8. The smallest absolute Gasteiger partial charge is 0.191 e. The third-order valence-electron chi connectivity index (χ3n) is 4.32. The number of hydrogen-bond acceptors (Lipinski definition) is 4. The Balaban J connectivity index is 1.63. The number of ether oxygens (including phenoxy) is 2. The normalized spacial score (nSPS) is 16.1. The van der Waals surface area contributed by atoms with Crippen molar-refractivity contribution in [2.24, 2.45) is 4.99 Å². The minimum absolute atomic E-state index is 0.475. The van der Waals surface area contributed by atoms with Gasteiger partial charge < -0.3 is 24.5 Å². The van der Waals surface area contributed by atoms with E-state index in [0.717, 1.165) is 50.8 Å². The fourth-order valence-corrected chi connectivity index (χ4v) is 2.94. The van der Waals surface area contributed by atoms with Crippen LogP contribution < -0.4 is 10.6 Å². The summed E-state index contributed by atoms with van der Waals surface area (Å²) < 4.78 is 16.4. The summed E-state index contributed by atoms with van der Waals surface area (Å²) in [6.45, 7) is 3.73. The van der Waals surface area contributed by atoms with E-state index in [9.17, 15) is 0 Å². The summed E-state index contributed by atoms with van der Waals surface area (Å²) in [5.41, 5.74) is 0. The molecule has 6 heteroatoms. The molecule has 0 radical (unpaired) electrons. The van der Waals surface area contributed by atoms with Crippen LogP contribution in [0.4, 0.5) is 0 Å². The molecule has 0 spiro atoms. The topological polar surface area (TPSA) is 68.0 Å². The molecule has 0 aromatic carbocycles. The van der Waals surface area contributed by atoms with Gasteiger partial charge in [-0.1, -0.05) is 19.3 Å². The van der Waals surface area contributed by atoms with Crippen LogP contribution in [0.25, 0.3) is 0 Å². The molecule has 1 fully saturated rings. The molecule has 1 aliphatic carbocycles. The number of furan rings is 1. The van der Waals surface area contributed by atoms with Crippen LogP contribution in [0, 0.1) is 0 Å². The van der Waals surface area contributed by atoms with E-state index in [4.69, 9.17) is 13.9 Å². The van der Waals surface area contributed by atoms with Crippen molar-refractivity contribution < 1.29 is 13.9 Å². The van der Waals surface area contributed by atoms with Crippen LogP contribution >= 0.6 is 0 Å². The standard InChI is InChI=1S/C19H33N3O3/c1-23-16-13-22-19(21-12-10-18-9-5-14-24-18)20-11-6-15-25-17-7-3-2-4-8-17/h5,9,14,17H,2-4,6-8,10-13,15-16H2,1H3,(H2,20,21,22). The molecule has 0 atom stereocenters. The lowest BCUT2D eigenvalue weighted by Gasteiger charge is -2.21. The molecule has 1 heterocycles. The molecule has 6 nitrogen and oxygen atoms in total. The average Bonchev–Trinajstić information content (AvgIpc) is 3.15. The summed E-state index contributed by atoms with van der Waals surface area (Å²) in [6, 6.07) is 3.90. The molecule has 1 aromatic heterocycles. The number of methoxy groups -OCH3 is 1. The monoisotopic (exact) mass is 351 g/mol. The maximum atomic E-state index is 5.95. The molecule has 0 aliphatic heterocycles. The Labute approximate surface area is 151 Å². The zero-order valence-electron chi connectivity index (χ0n) is 15.5. The highest BCUT2D eigenvalue weighted by atomic mass is 16.5. The molecule has 1 aliphatic rings. The first-order valence-corrected chi connectivity index (χ1v) is 9.53. The van der Waals surface area contributed by atoms with Gasteiger partial charge in [-0.15, -0.1) is 0 Å². The lowest BCUT2D eigenvalue weighted by Crippen LogP contribution is -2.40. The summed E-state index contributed by atoms with van der Waals surface area (Å²) in [4.78, 5) is 4.63. The molecule has 2 N–H and O–H groups in total. The molecular weight excluding hydrogens is 318 g/mol. The number of nitrogens with zero attached hydrogens (tertiary/aromatic N) is 1. The minimum atomic E-state index is 0.475. The third-order valence-corrected chi connectivity index (χ3v) is 4.32. The van der Waals surface area contributed by atoms with Gasteiger partial charge in [0.15, 0.2) is 5.96 Å².